The third-order valence-electron chi connectivity index (χ3n) is 14.1. The van der Waals surface area contributed by atoms with Gasteiger partial charge in [-0.25, -0.2) is 4.98 Å². The van der Waals surface area contributed by atoms with E-state index >= 15 is 0 Å². The monoisotopic (exact) mass is 1060 g/mol. The number of aromatic nitrogens is 4. The van der Waals surface area contributed by atoms with E-state index in [1.807, 2.05) is 66.9 Å². The van der Waals surface area contributed by atoms with Crippen molar-refractivity contribution in [3.8, 4) is 21.2 Å². The Bertz CT molecular complexity index is 3300. The second-order valence-corrected chi connectivity index (χ2v) is 22.1. The lowest BCUT2D eigenvalue weighted by Gasteiger charge is -2.36. The number of benzene rings is 3. The number of fused-ring (bicyclic) bond motifs is 4. The van der Waals surface area contributed by atoms with Crippen LogP contribution in [0.2, 0.25) is 5.02 Å². The smallest absolute Gasteiger partial charge is 0.287 e. The van der Waals surface area contributed by atoms with Crippen LogP contribution in [0.4, 0.5) is 0 Å². The third-order valence-corrected chi connectivity index (χ3v) is 16.5. The lowest BCUT2D eigenvalue weighted by atomic mass is 9.89. The highest BCUT2D eigenvalue weighted by atomic mass is 35.5. The summed E-state index contributed by atoms with van der Waals surface area (Å²) in [5.74, 6) is -0.156. The standard InChI is InChI=1S/C54H56ClN9O8S2/c1-26(2)47(53(70)63-23-37(66)21-42(63)51(68)57-28(4)31-7-9-33(10-8-31)49-41(24-65)56-25-73-49)60-52(69)44-18-34-17-38(15-16-43(34)72-44)71-39-19-36(20-39)58-45(67)22-40-50-62-61-30(6)64(50)54-46(27(3)29(5)74-54)48(59-40)32-11-13-35(55)14-12-32/h7-18,25-26,28,36-37,39-40,42,47,65-66H,19-24H2,1-6H3,(H,57,68)(H,58,67)(H,60,69)/t28-,36?,37+,39?,40-,42-,47-/m0/s1. The van der Waals surface area contributed by atoms with Gasteiger partial charge in [0.2, 0.25) is 17.7 Å². The van der Waals surface area contributed by atoms with Crippen molar-refractivity contribution in [2.75, 3.05) is 6.54 Å². The van der Waals surface area contributed by atoms with Crippen LogP contribution in [-0.2, 0) is 21.0 Å². The number of ether oxygens (including phenoxy) is 1. The van der Waals surface area contributed by atoms with Crippen molar-refractivity contribution in [3.05, 3.63) is 134 Å². The van der Waals surface area contributed by atoms with Crippen molar-refractivity contribution in [2.45, 2.75) is 116 Å². The van der Waals surface area contributed by atoms with Crippen molar-refractivity contribution < 1.29 is 38.5 Å². The Kier molecular flexibility index (Phi) is 14.3. The Balaban J connectivity index is 0.743. The van der Waals surface area contributed by atoms with Gasteiger partial charge in [0.05, 0.1) is 47.0 Å². The van der Waals surface area contributed by atoms with E-state index in [2.05, 4.69) is 45.0 Å². The fourth-order valence-corrected chi connectivity index (χ4v) is 12.1. The first-order valence-electron chi connectivity index (χ1n) is 24.6. The molecule has 384 valence electrons. The molecule has 4 aromatic heterocycles. The maximum Gasteiger partial charge on any atom is 0.287 e. The summed E-state index contributed by atoms with van der Waals surface area (Å²) in [6, 6.07) is 18.9. The Labute approximate surface area is 440 Å². The number of hydrogen-bond donors (Lipinski definition) is 5. The summed E-state index contributed by atoms with van der Waals surface area (Å²) in [6.07, 6.45) is 0.216. The van der Waals surface area contributed by atoms with E-state index in [9.17, 15) is 29.4 Å². The molecule has 10 rings (SSSR count). The first kappa shape index (κ1) is 50.7. The molecule has 2 aliphatic heterocycles. The molecule has 0 radical (unpaired) electrons. The molecule has 20 heteroatoms. The fraction of sp³-hybridized carbons (Fsp3) is 0.370. The van der Waals surface area contributed by atoms with Crippen LogP contribution in [0, 0.1) is 26.7 Å². The molecule has 6 heterocycles. The second-order valence-electron chi connectivity index (χ2n) is 19.6. The highest BCUT2D eigenvalue weighted by Gasteiger charge is 2.43. The normalized spacial score (nSPS) is 20.0. The highest BCUT2D eigenvalue weighted by molar-refractivity contribution is 7.15. The van der Waals surface area contributed by atoms with Gasteiger partial charge < -0.3 is 40.2 Å². The summed E-state index contributed by atoms with van der Waals surface area (Å²) in [5, 5.41) is 40.5. The number of nitrogens with one attached hydrogen (secondary N) is 3. The van der Waals surface area contributed by atoms with Crippen LogP contribution < -0.4 is 20.7 Å². The summed E-state index contributed by atoms with van der Waals surface area (Å²) in [6.45, 7) is 11.3. The second kappa shape index (κ2) is 20.9. The Morgan fingerprint density at radius 3 is 2.41 bits per heavy atom. The van der Waals surface area contributed by atoms with Crippen LogP contribution in [-0.4, -0.2) is 101 Å². The van der Waals surface area contributed by atoms with Crippen LogP contribution in [0.25, 0.3) is 26.4 Å². The fourth-order valence-electron chi connectivity index (χ4n) is 9.92. The zero-order valence-electron chi connectivity index (χ0n) is 41.6. The van der Waals surface area contributed by atoms with E-state index in [0.717, 1.165) is 54.1 Å². The number of nitrogens with zero attached hydrogens (tertiary/aromatic N) is 6. The van der Waals surface area contributed by atoms with Gasteiger partial charge in [-0.3, -0.25) is 28.7 Å². The first-order valence-corrected chi connectivity index (χ1v) is 26.7. The van der Waals surface area contributed by atoms with Gasteiger partial charge in [-0.1, -0.05) is 61.8 Å². The number of carbonyl (C=O) groups excluding carboxylic acids is 4. The number of aliphatic hydroxyl groups is 2. The third kappa shape index (κ3) is 10.1. The molecule has 1 saturated carbocycles. The number of aliphatic hydroxyl groups excluding tert-OH is 2. The number of thiazole rings is 1. The number of likely N-dealkylation sites (tertiary alicyclic amines) is 1. The van der Waals surface area contributed by atoms with Gasteiger partial charge in [0.15, 0.2) is 11.6 Å². The van der Waals surface area contributed by atoms with Crippen LogP contribution in [0.3, 0.4) is 0 Å². The van der Waals surface area contributed by atoms with Gasteiger partial charge in [0, 0.05) is 58.3 Å². The summed E-state index contributed by atoms with van der Waals surface area (Å²) in [5.41, 5.74) is 8.25. The van der Waals surface area contributed by atoms with Gasteiger partial charge in [0.1, 0.15) is 46.4 Å². The molecule has 4 amide bonds. The predicted octanol–water partition coefficient (Wildman–Crippen LogP) is 7.87. The van der Waals surface area contributed by atoms with Crippen molar-refractivity contribution in [2.24, 2.45) is 10.9 Å². The van der Waals surface area contributed by atoms with Crippen molar-refractivity contribution in [1.82, 2.24) is 40.6 Å². The number of furan rings is 1. The number of amides is 4. The topological polar surface area (TPSA) is 226 Å². The maximum atomic E-state index is 14.2. The van der Waals surface area contributed by atoms with E-state index in [1.165, 1.54) is 16.2 Å². The van der Waals surface area contributed by atoms with E-state index in [0.29, 0.717) is 46.1 Å². The molecule has 3 aliphatic rings. The number of halogens is 1. The molecule has 0 bridgehead atoms. The number of aryl methyl sites for hydroxylation is 2. The van der Waals surface area contributed by atoms with Crippen molar-refractivity contribution in [1.29, 1.82) is 0 Å². The lowest BCUT2D eigenvalue weighted by Crippen LogP contribution is -2.55. The van der Waals surface area contributed by atoms with Crippen LogP contribution >= 0.6 is 34.3 Å². The quantitative estimate of drug-likeness (QED) is 0.0664. The van der Waals surface area contributed by atoms with Gasteiger partial charge in [-0.15, -0.1) is 32.9 Å². The Morgan fingerprint density at radius 2 is 1.68 bits per heavy atom. The largest absolute Gasteiger partial charge is 0.490 e. The molecule has 7 aromatic rings. The number of hydrogen-bond acceptors (Lipinski definition) is 14. The summed E-state index contributed by atoms with van der Waals surface area (Å²) in [4.78, 5) is 68.2. The summed E-state index contributed by atoms with van der Waals surface area (Å²) < 4.78 is 14.3. The highest BCUT2D eigenvalue weighted by Crippen LogP contribution is 2.40. The predicted molar refractivity (Wildman–Crippen MR) is 282 cm³/mol. The van der Waals surface area contributed by atoms with Crippen molar-refractivity contribution >= 4 is 74.6 Å². The van der Waals surface area contributed by atoms with Gasteiger partial charge in [0.25, 0.3) is 5.91 Å². The number of thiophene rings is 1. The molecular formula is C54H56ClN9O8S2. The molecule has 0 spiro atoms. The minimum absolute atomic E-state index is 0.00639. The SMILES string of the molecule is Cc1sc2c(c1C)C(c1ccc(Cl)cc1)=N[C@@H](CC(=O)NC1CC(Oc3ccc4oc(C(=O)N[C@H](C(=O)N5C[C@H](O)C[C@H]5C(=O)N[C@@H](C)c5ccc(-c6scnc6CO)cc5)C(C)C)cc4c3)C1)c1nnc(C)n1-2. The number of aliphatic imine (C=N–C) groups is 1. The Hall–Kier alpha value is -6.77. The number of rotatable bonds is 15. The van der Waals surface area contributed by atoms with Gasteiger partial charge in [-0.05, 0) is 86.7 Å². The number of β-amino-alcohol motifs (C(OH)–C–C–N with tert-alkyl or cyclic N) is 1. The van der Waals surface area contributed by atoms with E-state index in [-0.39, 0.29) is 55.7 Å². The molecule has 2 fully saturated rings. The summed E-state index contributed by atoms with van der Waals surface area (Å²) in [7, 11) is 0. The zero-order valence-corrected chi connectivity index (χ0v) is 44.0. The lowest BCUT2D eigenvalue weighted by molar-refractivity contribution is -0.141. The molecular weight excluding hydrogens is 1000 g/mol. The average molecular weight is 1060 g/mol. The minimum atomic E-state index is -1.03. The van der Waals surface area contributed by atoms with Crippen molar-refractivity contribution in [3.63, 3.8) is 0 Å². The van der Waals surface area contributed by atoms with Crippen LogP contribution in [0.15, 0.2) is 87.7 Å². The van der Waals surface area contributed by atoms with E-state index < -0.39 is 48.0 Å². The molecule has 5 atom stereocenters. The molecule has 74 heavy (non-hydrogen) atoms. The molecule has 5 N–H and O–H groups in total. The molecule has 1 aliphatic carbocycles. The molecule has 1 saturated heterocycles. The summed E-state index contributed by atoms with van der Waals surface area (Å²) >= 11 is 9.36. The van der Waals surface area contributed by atoms with Gasteiger partial charge in [-0.2, -0.15) is 0 Å². The van der Waals surface area contributed by atoms with Gasteiger partial charge >= 0.3 is 0 Å². The van der Waals surface area contributed by atoms with E-state index in [4.69, 9.17) is 25.7 Å². The maximum absolute atomic E-state index is 14.2. The molecule has 17 nitrogen and oxygen atoms in total. The molecule has 3 aromatic carbocycles. The average Bonchev–Trinajstić information content (AvgIpc) is 4.22. The zero-order chi connectivity index (χ0) is 52.1. The van der Waals surface area contributed by atoms with E-state index in [1.54, 1.807) is 55.0 Å². The number of carbonyl (C=O) groups is 4. The van der Waals surface area contributed by atoms with Crippen LogP contribution in [0.1, 0.15) is 114 Å². The first-order chi connectivity index (χ1) is 35.5. The molecule has 0 unspecified atom stereocenters. The minimum Gasteiger partial charge on any atom is -0.490 e. The Morgan fingerprint density at radius 1 is 0.932 bits per heavy atom. The van der Waals surface area contributed by atoms with Crippen LogP contribution in [0.5, 0.6) is 5.75 Å².